The molecule has 0 spiro atoms. The normalized spacial score (nSPS) is 35.6. The van der Waals surface area contributed by atoms with Crippen molar-refractivity contribution >= 4 is 31.2 Å². The number of likely N-dealkylation sites (N-methyl/N-ethyl adjacent to an activating group) is 2. The topological polar surface area (TPSA) is 424 Å². The first-order chi connectivity index (χ1) is 21.6. The number of nitrogens with two attached hydrogens (primary N) is 3. The van der Waals surface area contributed by atoms with Gasteiger partial charge in [0, 0.05) is 12.1 Å². The van der Waals surface area contributed by atoms with Crippen LogP contribution in [0.2, 0.25) is 0 Å². The Morgan fingerprint density at radius 2 is 1.38 bits per heavy atom. The summed E-state index contributed by atoms with van der Waals surface area (Å²) in [5.41, 5.74) is 16.9. The third kappa shape index (κ3) is 19.2. The minimum Gasteiger partial charge on any atom is -0.467 e. The molecule has 3 aliphatic rings. The van der Waals surface area contributed by atoms with Crippen LogP contribution >= 0.6 is 0 Å². The van der Waals surface area contributed by atoms with Crippen molar-refractivity contribution in [3.63, 3.8) is 0 Å². The van der Waals surface area contributed by atoms with Crippen LogP contribution < -0.4 is 27.8 Å². The number of nitrogens with one attached hydrogen (secondary N) is 2. The molecule has 0 radical (unpaired) electrons. The molecule has 1 saturated heterocycles. The quantitative estimate of drug-likeness (QED) is 0.103. The average Bonchev–Trinajstić information content (AvgIpc) is 2.88. The van der Waals surface area contributed by atoms with E-state index in [1.54, 1.807) is 14.0 Å². The molecule has 3 rings (SSSR count). The van der Waals surface area contributed by atoms with E-state index in [0.29, 0.717) is 25.1 Å². The predicted octanol–water partition coefficient (Wildman–Crippen LogP) is -5.16. The van der Waals surface area contributed by atoms with Crippen molar-refractivity contribution in [1.82, 2.24) is 10.6 Å². The Morgan fingerprint density at radius 1 is 0.896 bits per heavy atom. The van der Waals surface area contributed by atoms with Gasteiger partial charge in [0.1, 0.15) is 35.8 Å². The minimum atomic E-state index is -4.67. The zero-order valence-electron chi connectivity index (χ0n) is 26.0. The SMILES string of the molecule is CCN[C@@H]1C[C@H](N)[C@@H](O[C@H]2OC(CN)=CC[C@H]2N)[C@H](O)[C@H]1O[C@H]1OC[C@](C)(O)[C@H](NC)[C@H]1O.O=S(=O)(O)O.O=S(=O)(O)O.O=S(=O)(O)O. The van der Waals surface area contributed by atoms with Crippen LogP contribution in [0.25, 0.3) is 0 Å². The van der Waals surface area contributed by atoms with E-state index >= 15 is 0 Å². The van der Waals surface area contributed by atoms with Gasteiger partial charge in [0.25, 0.3) is 0 Å². The van der Waals surface area contributed by atoms with E-state index in [2.05, 4.69) is 10.6 Å². The number of hydrogen-bond donors (Lipinski definition) is 14. The second-order valence-corrected chi connectivity index (χ2v) is 13.3. The third-order valence-corrected chi connectivity index (χ3v) is 6.64. The molecular weight excluding hydrogens is 722 g/mol. The van der Waals surface area contributed by atoms with E-state index in [4.69, 9.17) is 88.7 Å². The van der Waals surface area contributed by atoms with Gasteiger partial charge in [-0.15, -0.1) is 0 Å². The van der Waals surface area contributed by atoms with E-state index in [-0.39, 0.29) is 19.2 Å². The van der Waals surface area contributed by atoms with Gasteiger partial charge in [0.2, 0.25) is 6.29 Å². The first-order valence-corrected chi connectivity index (χ1v) is 17.9. The molecule has 11 atom stereocenters. The standard InChI is InChI=1S/C21H41N5O7.3H2O4S/c1-4-26-13-7-12(24)16(32-19-11(23)6-5-10(8-22)31-19)14(27)17(13)33-20-15(28)18(25-3)21(2,29)9-30-20;3*1-5(2,3)4/h5,11-20,25-29H,4,6-9,22-24H2,1-3H3;3*(H2,1,2,3,4)/t11-,12+,13-,14+,15-,16-,17+,18-,19-,20-,21+;;;/m1.../s1. The molecule has 0 aromatic carbocycles. The summed E-state index contributed by atoms with van der Waals surface area (Å²) in [6, 6.07) is -1.95. The molecule has 0 unspecified atom stereocenters. The van der Waals surface area contributed by atoms with Gasteiger partial charge in [-0.25, -0.2) is 0 Å². The summed E-state index contributed by atoms with van der Waals surface area (Å²) in [5.74, 6) is 0.572. The van der Waals surface area contributed by atoms with Crippen molar-refractivity contribution in [1.29, 1.82) is 0 Å². The van der Waals surface area contributed by atoms with E-state index in [1.807, 2.05) is 13.0 Å². The molecule has 24 nitrogen and oxygen atoms in total. The molecule has 17 N–H and O–H groups in total. The Bertz CT molecular complexity index is 1220. The molecule has 0 aromatic heterocycles. The lowest BCUT2D eigenvalue weighted by Crippen LogP contribution is -2.69. The summed E-state index contributed by atoms with van der Waals surface area (Å²) < 4.78 is 118. The van der Waals surface area contributed by atoms with E-state index < -0.39 is 91.9 Å². The molecule has 0 amide bonds. The highest BCUT2D eigenvalue weighted by Crippen LogP contribution is 2.31. The summed E-state index contributed by atoms with van der Waals surface area (Å²) in [4.78, 5) is 0. The Morgan fingerprint density at radius 3 is 1.81 bits per heavy atom. The van der Waals surface area contributed by atoms with Crippen molar-refractivity contribution in [2.24, 2.45) is 17.2 Å². The van der Waals surface area contributed by atoms with Crippen molar-refractivity contribution in [2.45, 2.75) is 93.5 Å². The summed E-state index contributed by atoms with van der Waals surface area (Å²) in [6.07, 6.45) is -3.05. The fourth-order valence-electron chi connectivity index (χ4n) is 4.86. The second-order valence-electron chi connectivity index (χ2n) is 10.7. The smallest absolute Gasteiger partial charge is 0.394 e. The van der Waals surface area contributed by atoms with Gasteiger partial charge < -0.3 is 62.1 Å². The Hall–Kier alpha value is -1.29. The Labute approximate surface area is 277 Å². The van der Waals surface area contributed by atoms with Crippen LogP contribution in [0.15, 0.2) is 11.8 Å². The predicted molar refractivity (Wildman–Crippen MR) is 162 cm³/mol. The van der Waals surface area contributed by atoms with Gasteiger partial charge in [0.15, 0.2) is 6.29 Å². The lowest BCUT2D eigenvalue weighted by atomic mass is 9.83. The maximum absolute atomic E-state index is 11.3. The highest BCUT2D eigenvalue weighted by atomic mass is 32.3. The van der Waals surface area contributed by atoms with Crippen LogP contribution in [0.5, 0.6) is 0 Å². The molecule has 0 aromatic rings. The first-order valence-electron chi connectivity index (χ1n) is 13.7. The molecule has 2 heterocycles. The van der Waals surface area contributed by atoms with Gasteiger partial charge in [0.05, 0.1) is 25.2 Å². The number of rotatable bonds is 8. The average molecular weight is 770 g/mol. The van der Waals surface area contributed by atoms with Crippen LogP contribution in [-0.2, 0) is 50.1 Å². The first kappa shape index (κ1) is 46.7. The van der Waals surface area contributed by atoms with Crippen molar-refractivity contribution < 1.29 is 86.8 Å². The zero-order valence-corrected chi connectivity index (χ0v) is 28.4. The third-order valence-electron chi connectivity index (χ3n) is 6.64. The summed E-state index contributed by atoms with van der Waals surface area (Å²) in [6.45, 7) is 4.30. The van der Waals surface area contributed by atoms with Crippen LogP contribution in [0.4, 0.5) is 0 Å². The number of aliphatic hydroxyl groups excluding tert-OH is 2. The molecule has 2 aliphatic heterocycles. The maximum Gasteiger partial charge on any atom is 0.394 e. The highest BCUT2D eigenvalue weighted by Gasteiger charge is 2.51. The van der Waals surface area contributed by atoms with Crippen LogP contribution in [-0.4, -0.2) is 161 Å². The van der Waals surface area contributed by atoms with Crippen molar-refractivity contribution in [2.75, 3.05) is 26.7 Å². The van der Waals surface area contributed by atoms with E-state index in [9.17, 15) is 15.3 Å². The van der Waals surface area contributed by atoms with Crippen molar-refractivity contribution in [3.05, 3.63) is 11.8 Å². The molecule has 1 aliphatic carbocycles. The monoisotopic (exact) mass is 769 g/mol. The van der Waals surface area contributed by atoms with Gasteiger partial charge in [-0.05, 0) is 39.4 Å². The molecule has 48 heavy (non-hydrogen) atoms. The molecule has 2 fully saturated rings. The number of hydrogen-bond acceptors (Lipinski definition) is 18. The van der Waals surface area contributed by atoms with E-state index in [1.165, 1.54) is 0 Å². The lowest BCUT2D eigenvalue weighted by Gasteiger charge is -2.49. The Balaban J connectivity index is 0.00000123. The van der Waals surface area contributed by atoms with Crippen LogP contribution in [0, 0.1) is 0 Å². The second kappa shape index (κ2) is 19.9. The fourth-order valence-corrected chi connectivity index (χ4v) is 4.86. The summed E-state index contributed by atoms with van der Waals surface area (Å²) in [5, 5.41) is 38.8. The van der Waals surface area contributed by atoms with Gasteiger partial charge in [-0.2, -0.15) is 25.3 Å². The largest absolute Gasteiger partial charge is 0.467 e. The van der Waals surface area contributed by atoms with Gasteiger partial charge >= 0.3 is 31.2 Å². The van der Waals surface area contributed by atoms with Gasteiger partial charge in [-0.1, -0.05) is 6.92 Å². The lowest BCUT2D eigenvalue weighted by molar-refractivity contribution is -0.304. The summed E-state index contributed by atoms with van der Waals surface area (Å²) in [7, 11) is -12.4. The zero-order chi connectivity index (χ0) is 37.8. The Kier molecular flexibility index (Phi) is 19.4. The minimum absolute atomic E-state index is 0.0483. The van der Waals surface area contributed by atoms with Crippen LogP contribution in [0.1, 0.15) is 26.7 Å². The molecule has 0 bridgehead atoms. The van der Waals surface area contributed by atoms with Crippen LogP contribution in [0.3, 0.4) is 0 Å². The molecule has 27 heteroatoms. The fraction of sp³-hybridized carbons (Fsp3) is 0.905. The van der Waals surface area contributed by atoms with Crippen molar-refractivity contribution in [3.8, 4) is 0 Å². The highest BCUT2D eigenvalue weighted by molar-refractivity contribution is 7.80. The van der Waals surface area contributed by atoms with Gasteiger partial charge in [-0.3, -0.25) is 27.3 Å². The van der Waals surface area contributed by atoms with E-state index in [0.717, 1.165) is 0 Å². The molecular formula is C21H47N5O19S3. The summed E-state index contributed by atoms with van der Waals surface area (Å²) >= 11 is 0. The molecule has 288 valence electrons. The maximum atomic E-state index is 11.3. The number of ether oxygens (including phenoxy) is 4. The number of aliphatic hydroxyl groups is 3. The molecule has 1 saturated carbocycles.